The number of halogens is 3. The molecule has 0 saturated heterocycles. The summed E-state index contributed by atoms with van der Waals surface area (Å²) in [6.07, 6.45) is -2.05. The van der Waals surface area contributed by atoms with Crippen molar-refractivity contribution in [3.05, 3.63) is 41.7 Å². The van der Waals surface area contributed by atoms with Gasteiger partial charge in [0.1, 0.15) is 6.54 Å². The Balaban J connectivity index is 2.38. The minimum atomic E-state index is -4.61. The van der Waals surface area contributed by atoms with Crippen LogP contribution in [0, 0.1) is 11.3 Å². The highest BCUT2D eigenvalue weighted by Gasteiger charge is 2.34. The molecular weight excluding hydrogens is 311 g/mol. The van der Waals surface area contributed by atoms with Gasteiger partial charge in [-0.2, -0.15) is 23.5 Å². The molecule has 1 aromatic heterocycles. The van der Waals surface area contributed by atoms with Gasteiger partial charge in [0.05, 0.1) is 30.0 Å². The van der Waals surface area contributed by atoms with E-state index in [-0.39, 0.29) is 29.8 Å². The van der Waals surface area contributed by atoms with Crippen molar-refractivity contribution >= 4 is 5.97 Å². The van der Waals surface area contributed by atoms with E-state index in [0.717, 1.165) is 6.07 Å². The molecule has 0 aliphatic carbocycles. The molecule has 0 aliphatic rings. The molecule has 1 heterocycles. The Bertz CT molecular complexity index is 760. The molecule has 0 atom stereocenters. The van der Waals surface area contributed by atoms with Crippen LogP contribution in [0.2, 0.25) is 0 Å². The van der Waals surface area contributed by atoms with Crippen molar-refractivity contribution in [1.82, 2.24) is 9.78 Å². The summed E-state index contributed by atoms with van der Waals surface area (Å²) in [6, 6.07) is 4.99. The van der Waals surface area contributed by atoms with E-state index in [1.165, 1.54) is 29.2 Å². The number of alkyl halides is 3. The molecule has 0 radical (unpaired) electrons. The monoisotopic (exact) mass is 323 g/mol. The highest BCUT2D eigenvalue weighted by molar-refractivity contribution is 5.70. The van der Waals surface area contributed by atoms with Crippen LogP contribution in [-0.2, 0) is 22.3 Å². The SMILES string of the molecule is CCOC(=O)Cn1cc(-c2ccc(C#N)cc2C(F)(F)F)cn1. The van der Waals surface area contributed by atoms with Gasteiger partial charge in [-0.1, -0.05) is 6.07 Å². The maximum Gasteiger partial charge on any atom is 0.417 e. The molecule has 0 unspecified atom stereocenters. The summed E-state index contributed by atoms with van der Waals surface area (Å²) < 4.78 is 45.4. The van der Waals surface area contributed by atoms with Crippen LogP contribution in [0.4, 0.5) is 13.2 Å². The predicted molar refractivity (Wildman–Crippen MR) is 74.0 cm³/mol. The first-order valence-corrected chi connectivity index (χ1v) is 6.65. The average molecular weight is 323 g/mol. The topological polar surface area (TPSA) is 67.9 Å². The molecule has 8 heteroatoms. The van der Waals surface area contributed by atoms with Gasteiger partial charge in [0.2, 0.25) is 0 Å². The summed E-state index contributed by atoms with van der Waals surface area (Å²) in [6.45, 7) is 1.67. The van der Waals surface area contributed by atoms with Gasteiger partial charge in [-0.3, -0.25) is 9.48 Å². The summed E-state index contributed by atoms with van der Waals surface area (Å²) in [4.78, 5) is 11.4. The van der Waals surface area contributed by atoms with Crippen molar-refractivity contribution in [2.75, 3.05) is 6.61 Å². The Morgan fingerprint density at radius 1 is 1.43 bits per heavy atom. The van der Waals surface area contributed by atoms with Crippen LogP contribution in [0.3, 0.4) is 0 Å². The van der Waals surface area contributed by atoms with E-state index < -0.39 is 17.7 Å². The fourth-order valence-electron chi connectivity index (χ4n) is 2.03. The molecule has 1 aromatic carbocycles. The molecule has 0 spiro atoms. The third-order valence-corrected chi connectivity index (χ3v) is 2.99. The fourth-order valence-corrected chi connectivity index (χ4v) is 2.03. The van der Waals surface area contributed by atoms with Crippen molar-refractivity contribution in [1.29, 1.82) is 5.26 Å². The number of carbonyl (C=O) groups is 1. The Morgan fingerprint density at radius 3 is 2.78 bits per heavy atom. The van der Waals surface area contributed by atoms with E-state index >= 15 is 0 Å². The number of hydrogen-bond acceptors (Lipinski definition) is 4. The number of esters is 1. The predicted octanol–water partition coefficient (Wildman–Crippen LogP) is 3.00. The lowest BCUT2D eigenvalue weighted by Crippen LogP contribution is -2.13. The first-order chi connectivity index (χ1) is 10.8. The molecule has 0 aliphatic heterocycles. The molecule has 2 aromatic rings. The quantitative estimate of drug-likeness (QED) is 0.811. The van der Waals surface area contributed by atoms with Gasteiger partial charge in [-0.15, -0.1) is 0 Å². The summed E-state index contributed by atoms with van der Waals surface area (Å²) in [7, 11) is 0. The zero-order valence-electron chi connectivity index (χ0n) is 12.1. The van der Waals surface area contributed by atoms with E-state index in [4.69, 9.17) is 10.00 Å². The van der Waals surface area contributed by atoms with Crippen molar-refractivity contribution in [2.24, 2.45) is 0 Å². The molecule has 0 saturated carbocycles. The van der Waals surface area contributed by atoms with Crippen molar-refractivity contribution in [3.63, 3.8) is 0 Å². The van der Waals surface area contributed by atoms with Crippen molar-refractivity contribution < 1.29 is 22.7 Å². The number of rotatable bonds is 4. The standard InChI is InChI=1S/C15H12F3N3O2/c1-2-23-14(22)9-21-8-11(7-20-21)12-4-3-10(6-19)5-13(12)15(16,17)18/h3-5,7-8H,2,9H2,1H3. The van der Waals surface area contributed by atoms with E-state index in [9.17, 15) is 18.0 Å². The normalized spacial score (nSPS) is 11.1. The fraction of sp³-hybridized carbons (Fsp3) is 0.267. The van der Waals surface area contributed by atoms with E-state index in [1.54, 1.807) is 13.0 Å². The van der Waals surface area contributed by atoms with Crippen LogP contribution >= 0.6 is 0 Å². The number of nitriles is 1. The zero-order chi connectivity index (χ0) is 17.0. The molecule has 0 fully saturated rings. The summed E-state index contributed by atoms with van der Waals surface area (Å²) in [5.74, 6) is -0.530. The highest BCUT2D eigenvalue weighted by atomic mass is 19.4. The van der Waals surface area contributed by atoms with E-state index in [2.05, 4.69) is 5.10 Å². The molecule has 120 valence electrons. The van der Waals surface area contributed by atoms with Crippen LogP contribution in [0.5, 0.6) is 0 Å². The second-order valence-corrected chi connectivity index (χ2v) is 4.60. The van der Waals surface area contributed by atoms with Crippen molar-refractivity contribution in [2.45, 2.75) is 19.6 Å². The molecular formula is C15H12F3N3O2. The zero-order valence-corrected chi connectivity index (χ0v) is 12.1. The van der Waals surface area contributed by atoms with Gasteiger partial charge in [0.15, 0.2) is 0 Å². The molecule has 23 heavy (non-hydrogen) atoms. The van der Waals surface area contributed by atoms with Gasteiger partial charge < -0.3 is 4.74 Å². The maximum absolute atomic E-state index is 13.2. The number of carbonyl (C=O) groups excluding carboxylic acids is 1. The highest BCUT2D eigenvalue weighted by Crippen LogP contribution is 2.37. The largest absolute Gasteiger partial charge is 0.465 e. The van der Waals surface area contributed by atoms with Gasteiger partial charge in [-0.25, -0.2) is 0 Å². The second-order valence-electron chi connectivity index (χ2n) is 4.60. The molecule has 2 rings (SSSR count). The van der Waals surface area contributed by atoms with Gasteiger partial charge in [-0.05, 0) is 24.6 Å². The lowest BCUT2D eigenvalue weighted by Gasteiger charge is -2.11. The van der Waals surface area contributed by atoms with Gasteiger partial charge in [0.25, 0.3) is 0 Å². The van der Waals surface area contributed by atoms with E-state index in [0.29, 0.717) is 0 Å². The Labute approximate surface area is 129 Å². The van der Waals surface area contributed by atoms with Gasteiger partial charge in [0, 0.05) is 11.8 Å². The molecule has 5 nitrogen and oxygen atoms in total. The number of benzene rings is 1. The summed E-state index contributed by atoms with van der Waals surface area (Å²) in [5, 5.41) is 12.6. The first kappa shape index (κ1) is 16.5. The number of ether oxygens (including phenoxy) is 1. The Kier molecular flexibility index (Phi) is 4.69. The van der Waals surface area contributed by atoms with Crippen LogP contribution in [-0.4, -0.2) is 22.4 Å². The third-order valence-electron chi connectivity index (χ3n) is 2.99. The van der Waals surface area contributed by atoms with Crippen LogP contribution in [0.1, 0.15) is 18.1 Å². The smallest absolute Gasteiger partial charge is 0.417 e. The second kappa shape index (κ2) is 6.52. The van der Waals surface area contributed by atoms with Crippen molar-refractivity contribution in [3.8, 4) is 17.2 Å². The van der Waals surface area contributed by atoms with E-state index in [1.807, 2.05) is 0 Å². The van der Waals surface area contributed by atoms with Crippen LogP contribution in [0.15, 0.2) is 30.6 Å². The summed E-state index contributed by atoms with van der Waals surface area (Å²) >= 11 is 0. The third kappa shape index (κ3) is 3.88. The Hall–Kier alpha value is -2.82. The maximum atomic E-state index is 13.2. The number of hydrogen-bond donors (Lipinski definition) is 0. The molecule has 0 bridgehead atoms. The summed E-state index contributed by atoms with van der Waals surface area (Å²) in [5.41, 5.74) is -0.912. The van der Waals surface area contributed by atoms with Gasteiger partial charge >= 0.3 is 12.1 Å². The average Bonchev–Trinajstić information content (AvgIpc) is 2.94. The minimum Gasteiger partial charge on any atom is -0.465 e. The van der Waals surface area contributed by atoms with Crippen LogP contribution in [0.25, 0.3) is 11.1 Å². The lowest BCUT2D eigenvalue weighted by molar-refractivity contribution is -0.144. The lowest BCUT2D eigenvalue weighted by atomic mass is 9.99. The molecule has 0 amide bonds. The Morgan fingerprint density at radius 2 is 2.17 bits per heavy atom. The molecule has 0 N–H and O–H groups in total. The number of aromatic nitrogens is 2. The van der Waals surface area contributed by atoms with Crippen LogP contribution < -0.4 is 0 Å². The number of nitrogens with zero attached hydrogens (tertiary/aromatic N) is 3. The minimum absolute atomic E-state index is 0.0833. The first-order valence-electron chi connectivity index (χ1n) is 6.65.